The van der Waals surface area contributed by atoms with Crippen molar-refractivity contribution in [2.24, 2.45) is 0 Å². The Kier molecular flexibility index (Phi) is 4.80. The van der Waals surface area contributed by atoms with E-state index in [9.17, 15) is 4.89 Å². The Morgan fingerprint density at radius 2 is 2.08 bits per heavy atom. The van der Waals surface area contributed by atoms with Gasteiger partial charge in [0.1, 0.15) is 0 Å². The SMILES string of the molecule is OP(=S)(OCc1ccccc1)SS. The molecule has 2 nitrogen and oxygen atoms in total. The predicted octanol–water partition coefficient (Wildman–Crippen LogP) is 3.00. The highest BCUT2D eigenvalue weighted by Crippen LogP contribution is 2.58. The lowest BCUT2D eigenvalue weighted by molar-refractivity contribution is 0.309. The molecule has 0 saturated heterocycles. The van der Waals surface area contributed by atoms with E-state index in [0.29, 0.717) is 6.61 Å². The van der Waals surface area contributed by atoms with E-state index in [0.717, 1.165) is 16.0 Å². The minimum Gasteiger partial charge on any atom is -0.337 e. The molecule has 0 radical (unpaired) electrons. The van der Waals surface area contributed by atoms with E-state index in [1.807, 2.05) is 30.3 Å². The minimum absolute atomic E-state index is 0.335. The van der Waals surface area contributed by atoms with Crippen molar-refractivity contribution in [3.63, 3.8) is 0 Å². The Hall–Kier alpha value is 0.490. The van der Waals surface area contributed by atoms with Gasteiger partial charge in [0, 0.05) is 0 Å². The maximum absolute atomic E-state index is 9.37. The Bertz CT molecular complexity index is 304. The van der Waals surface area contributed by atoms with Crippen LogP contribution in [0, 0.1) is 0 Å². The van der Waals surface area contributed by atoms with Gasteiger partial charge < -0.3 is 9.42 Å². The lowest BCUT2D eigenvalue weighted by Gasteiger charge is -2.11. The minimum atomic E-state index is -2.72. The Morgan fingerprint density at radius 3 is 2.62 bits per heavy atom. The van der Waals surface area contributed by atoms with Crippen LogP contribution in [0.4, 0.5) is 0 Å². The van der Waals surface area contributed by atoms with Crippen LogP contribution in [0.5, 0.6) is 0 Å². The van der Waals surface area contributed by atoms with E-state index >= 15 is 0 Å². The molecule has 0 aliphatic heterocycles. The second kappa shape index (κ2) is 5.39. The first-order chi connectivity index (χ1) is 6.14. The molecular weight excluding hydrogens is 243 g/mol. The van der Waals surface area contributed by atoms with Gasteiger partial charge in [-0.3, -0.25) is 0 Å². The van der Waals surface area contributed by atoms with Crippen molar-refractivity contribution in [1.82, 2.24) is 0 Å². The largest absolute Gasteiger partial charge is 0.337 e. The van der Waals surface area contributed by atoms with E-state index in [1.165, 1.54) is 0 Å². The zero-order valence-corrected chi connectivity index (χ0v) is 10.1. The molecule has 0 amide bonds. The van der Waals surface area contributed by atoms with Crippen molar-refractivity contribution in [2.45, 2.75) is 6.61 Å². The van der Waals surface area contributed by atoms with Gasteiger partial charge in [-0.1, -0.05) is 30.3 Å². The molecule has 0 fully saturated rings. The van der Waals surface area contributed by atoms with Crippen LogP contribution in [0.3, 0.4) is 0 Å². The number of hydrogen-bond donors (Lipinski definition) is 2. The fraction of sp³-hybridized carbons (Fsp3) is 0.143. The molecule has 0 aliphatic rings. The number of hydrogen-bond acceptors (Lipinski definition) is 4. The molecule has 0 bridgehead atoms. The number of rotatable bonds is 4. The van der Waals surface area contributed by atoms with Crippen molar-refractivity contribution in [1.29, 1.82) is 0 Å². The molecule has 72 valence electrons. The third-order valence-corrected chi connectivity index (χ3v) is 6.91. The van der Waals surface area contributed by atoms with Gasteiger partial charge in [-0.2, -0.15) is 0 Å². The van der Waals surface area contributed by atoms with Crippen LogP contribution in [-0.4, -0.2) is 4.89 Å². The third-order valence-electron chi connectivity index (χ3n) is 1.34. The standard InChI is InChI=1S/C7H9O2PS3/c8-10(11,13-12)9-6-7-4-2-1-3-5-7/h1-5,12H,6H2,(H,8,11). The van der Waals surface area contributed by atoms with Crippen LogP contribution < -0.4 is 0 Å². The van der Waals surface area contributed by atoms with Crippen molar-refractivity contribution in [3.8, 4) is 0 Å². The molecule has 0 heterocycles. The molecule has 1 aromatic carbocycles. The fourth-order valence-corrected chi connectivity index (χ4v) is 2.00. The van der Waals surface area contributed by atoms with Gasteiger partial charge >= 0.3 is 0 Å². The highest BCUT2D eigenvalue weighted by molar-refractivity contribution is 8.98. The summed E-state index contributed by atoms with van der Waals surface area (Å²) in [4.78, 5) is 9.37. The van der Waals surface area contributed by atoms with Crippen LogP contribution in [-0.2, 0) is 22.9 Å². The first-order valence-corrected chi connectivity index (χ1v) is 8.63. The van der Waals surface area contributed by atoms with Gasteiger partial charge in [0.2, 0.25) is 0 Å². The molecule has 13 heavy (non-hydrogen) atoms. The van der Waals surface area contributed by atoms with Crippen molar-refractivity contribution < 1.29 is 9.42 Å². The van der Waals surface area contributed by atoms with Crippen LogP contribution in [0.25, 0.3) is 0 Å². The van der Waals surface area contributed by atoms with E-state index in [2.05, 4.69) is 11.7 Å². The molecule has 6 heteroatoms. The summed E-state index contributed by atoms with van der Waals surface area (Å²) < 4.78 is 5.13. The lowest BCUT2D eigenvalue weighted by Crippen LogP contribution is -1.87. The van der Waals surface area contributed by atoms with E-state index < -0.39 is 5.69 Å². The maximum atomic E-state index is 9.37. The summed E-state index contributed by atoms with van der Waals surface area (Å²) in [6.45, 7) is 0.335. The van der Waals surface area contributed by atoms with Crippen molar-refractivity contribution >= 4 is 39.6 Å². The van der Waals surface area contributed by atoms with Crippen LogP contribution >= 0.6 is 27.8 Å². The van der Waals surface area contributed by atoms with Crippen molar-refractivity contribution in [2.75, 3.05) is 0 Å². The summed E-state index contributed by atoms with van der Waals surface area (Å²) in [5.74, 6) is 0. The molecule has 1 aromatic rings. The molecule has 1 unspecified atom stereocenters. The lowest BCUT2D eigenvalue weighted by atomic mass is 10.2. The summed E-state index contributed by atoms with van der Waals surface area (Å²) in [6.07, 6.45) is 0. The third kappa shape index (κ3) is 4.49. The number of benzene rings is 1. The van der Waals surface area contributed by atoms with E-state index in [-0.39, 0.29) is 0 Å². The monoisotopic (exact) mass is 252 g/mol. The normalized spacial score (nSPS) is 15.2. The summed E-state index contributed by atoms with van der Waals surface area (Å²) in [5, 5.41) is 0. The first-order valence-electron chi connectivity index (χ1n) is 3.48. The van der Waals surface area contributed by atoms with E-state index in [1.54, 1.807) is 0 Å². The van der Waals surface area contributed by atoms with E-state index in [4.69, 9.17) is 16.3 Å². The zero-order valence-electron chi connectivity index (χ0n) is 6.66. The highest BCUT2D eigenvalue weighted by Gasteiger charge is 2.11. The topological polar surface area (TPSA) is 29.5 Å². The van der Waals surface area contributed by atoms with Crippen molar-refractivity contribution in [3.05, 3.63) is 35.9 Å². The Balaban J connectivity index is 2.49. The van der Waals surface area contributed by atoms with Crippen LogP contribution in [0.1, 0.15) is 5.56 Å². The summed E-state index contributed by atoms with van der Waals surface area (Å²) in [5.41, 5.74) is -1.73. The fourth-order valence-electron chi connectivity index (χ4n) is 0.754. The molecule has 0 aromatic heterocycles. The zero-order chi connectivity index (χ0) is 9.73. The number of thiol groups is 1. The van der Waals surface area contributed by atoms with Crippen LogP contribution in [0.15, 0.2) is 30.3 Å². The first kappa shape index (κ1) is 11.6. The summed E-state index contributed by atoms with van der Waals surface area (Å²) in [6, 6.07) is 9.57. The second-order valence-corrected chi connectivity index (χ2v) is 9.29. The van der Waals surface area contributed by atoms with Gasteiger partial charge in [0.05, 0.1) is 6.61 Å². The highest BCUT2D eigenvalue weighted by atomic mass is 33.4. The smallest absolute Gasteiger partial charge is 0.255 e. The molecule has 0 saturated carbocycles. The van der Waals surface area contributed by atoms with Gasteiger partial charge in [-0.05, 0) is 27.8 Å². The molecule has 0 spiro atoms. The predicted molar refractivity (Wildman–Crippen MR) is 64.3 cm³/mol. The van der Waals surface area contributed by atoms with Gasteiger partial charge in [0.25, 0.3) is 5.69 Å². The maximum Gasteiger partial charge on any atom is 0.255 e. The quantitative estimate of drug-likeness (QED) is 0.490. The summed E-state index contributed by atoms with van der Waals surface area (Å²) >= 11 is 8.61. The average molecular weight is 252 g/mol. The molecule has 1 atom stereocenters. The second-order valence-electron chi connectivity index (χ2n) is 2.31. The average Bonchev–Trinajstić information content (AvgIpc) is 2.17. The van der Waals surface area contributed by atoms with Crippen LogP contribution in [0.2, 0.25) is 0 Å². The molecular formula is C7H9O2PS3. The molecule has 0 aliphatic carbocycles. The Labute approximate surface area is 91.4 Å². The molecule has 1 N–H and O–H groups in total. The summed E-state index contributed by atoms with van der Waals surface area (Å²) in [7, 11) is 0.900. The van der Waals surface area contributed by atoms with Gasteiger partial charge in [-0.25, -0.2) is 0 Å². The molecule has 1 rings (SSSR count). The Morgan fingerprint density at radius 1 is 1.46 bits per heavy atom. The van der Waals surface area contributed by atoms with Gasteiger partial charge in [0.15, 0.2) is 0 Å². The van der Waals surface area contributed by atoms with Gasteiger partial charge in [-0.15, -0.1) is 11.7 Å².